The van der Waals surface area contributed by atoms with Crippen LogP contribution in [0.5, 0.6) is 0 Å². The Balaban J connectivity index is 2.35. The third-order valence-corrected chi connectivity index (χ3v) is 4.34. The van der Waals surface area contributed by atoms with E-state index in [9.17, 15) is 0 Å². The zero-order valence-electron chi connectivity index (χ0n) is 13.1. The lowest BCUT2D eigenvalue weighted by molar-refractivity contribution is 0.515. The van der Waals surface area contributed by atoms with Crippen molar-refractivity contribution >= 4 is 11.6 Å². The number of halogens is 1. The minimum absolute atomic E-state index is 0.0181. The molecule has 1 heterocycles. The van der Waals surface area contributed by atoms with Crippen molar-refractivity contribution in [2.75, 3.05) is 0 Å². The molecule has 0 aliphatic carbocycles. The molecule has 1 aromatic heterocycles. The van der Waals surface area contributed by atoms with Crippen molar-refractivity contribution in [2.24, 2.45) is 5.84 Å². The predicted octanol–water partition coefficient (Wildman–Crippen LogP) is 3.23. The fourth-order valence-electron chi connectivity index (χ4n) is 2.73. The first-order chi connectivity index (χ1) is 9.97. The highest BCUT2D eigenvalue weighted by Gasteiger charge is 2.19. The molecule has 5 heteroatoms. The van der Waals surface area contributed by atoms with Crippen LogP contribution in [0.3, 0.4) is 0 Å². The number of hydrogen-bond acceptors (Lipinski definition) is 3. The van der Waals surface area contributed by atoms with E-state index in [-0.39, 0.29) is 6.04 Å². The van der Waals surface area contributed by atoms with Crippen LogP contribution < -0.4 is 11.3 Å². The number of nitrogens with zero attached hydrogens (tertiary/aromatic N) is 2. The molecule has 0 saturated carbocycles. The lowest BCUT2D eigenvalue weighted by Gasteiger charge is -2.19. The van der Waals surface area contributed by atoms with Gasteiger partial charge >= 0.3 is 0 Å². The Morgan fingerprint density at radius 3 is 2.62 bits per heavy atom. The number of hydrazine groups is 1. The Hall–Kier alpha value is -1.36. The molecule has 0 aliphatic heterocycles. The number of nitrogens with one attached hydrogen (secondary N) is 1. The van der Waals surface area contributed by atoms with Crippen molar-refractivity contribution in [2.45, 2.75) is 46.7 Å². The molecule has 3 N–H and O–H groups in total. The second-order valence-corrected chi connectivity index (χ2v) is 5.82. The molecule has 2 rings (SSSR count). The quantitative estimate of drug-likeness (QED) is 0.658. The number of benzene rings is 1. The van der Waals surface area contributed by atoms with Gasteiger partial charge in [-0.2, -0.15) is 5.10 Å². The third kappa shape index (κ3) is 3.28. The van der Waals surface area contributed by atoms with Gasteiger partial charge in [-0.1, -0.05) is 35.4 Å². The minimum Gasteiger partial charge on any atom is -0.271 e. The molecule has 1 atom stereocenters. The van der Waals surface area contributed by atoms with E-state index in [4.69, 9.17) is 17.4 Å². The molecular weight excluding hydrogens is 284 g/mol. The maximum atomic E-state index is 6.39. The molecule has 0 bridgehead atoms. The molecule has 1 aromatic carbocycles. The van der Waals surface area contributed by atoms with Crippen LogP contribution in [0.15, 0.2) is 18.2 Å². The van der Waals surface area contributed by atoms with Crippen LogP contribution in [0.2, 0.25) is 5.02 Å². The van der Waals surface area contributed by atoms with E-state index in [0.717, 1.165) is 23.0 Å². The molecule has 0 aliphatic rings. The minimum atomic E-state index is 0.0181. The van der Waals surface area contributed by atoms with Crippen molar-refractivity contribution in [3.63, 3.8) is 0 Å². The van der Waals surface area contributed by atoms with E-state index in [0.29, 0.717) is 6.42 Å². The number of rotatable bonds is 5. The van der Waals surface area contributed by atoms with Gasteiger partial charge in [-0.3, -0.25) is 16.0 Å². The van der Waals surface area contributed by atoms with Gasteiger partial charge in [0, 0.05) is 13.0 Å². The van der Waals surface area contributed by atoms with E-state index < -0.39 is 0 Å². The highest BCUT2D eigenvalue weighted by atomic mass is 35.5. The zero-order chi connectivity index (χ0) is 15.6. The van der Waals surface area contributed by atoms with E-state index in [1.807, 2.05) is 11.6 Å². The first kappa shape index (κ1) is 16.0. The summed E-state index contributed by atoms with van der Waals surface area (Å²) in [6.07, 6.45) is 0.716. The number of aryl methyl sites for hydroxylation is 4. The third-order valence-electron chi connectivity index (χ3n) is 3.85. The van der Waals surface area contributed by atoms with Gasteiger partial charge < -0.3 is 0 Å². The molecule has 0 saturated heterocycles. The first-order valence-corrected chi connectivity index (χ1v) is 7.60. The summed E-state index contributed by atoms with van der Waals surface area (Å²) < 4.78 is 1.95. The topological polar surface area (TPSA) is 55.9 Å². The van der Waals surface area contributed by atoms with Crippen LogP contribution in [0.1, 0.15) is 41.0 Å². The zero-order valence-corrected chi connectivity index (χ0v) is 13.8. The molecule has 1 unspecified atom stereocenters. The SMILES string of the molecule is CCn1nc(C)c(Cl)c1CC(NN)c1ccc(C)cc1C. The van der Waals surface area contributed by atoms with Gasteiger partial charge in [0.2, 0.25) is 0 Å². The van der Waals surface area contributed by atoms with Crippen molar-refractivity contribution < 1.29 is 0 Å². The molecule has 4 nitrogen and oxygen atoms in total. The Kier molecular flexibility index (Phi) is 5.04. The molecule has 2 aromatic rings. The molecule has 0 fully saturated rings. The van der Waals surface area contributed by atoms with Gasteiger partial charge in [-0.25, -0.2) is 0 Å². The average molecular weight is 307 g/mol. The monoisotopic (exact) mass is 306 g/mol. The molecule has 0 spiro atoms. The maximum absolute atomic E-state index is 6.39. The Bertz CT molecular complexity index is 633. The van der Waals surface area contributed by atoms with E-state index in [2.05, 4.69) is 49.5 Å². The normalized spacial score (nSPS) is 12.7. The van der Waals surface area contributed by atoms with E-state index in [1.165, 1.54) is 16.7 Å². The summed E-state index contributed by atoms with van der Waals surface area (Å²) in [5, 5.41) is 5.20. The Morgan fingerprint density at radius 1 is 1.33 bits per heavy atom. The molecule has 0 radical (unpaired) electrons. The summed E-state index contributed by atoms with van der Waals surface area (Å²) in [6.45, 7) is 8.99. The highest BCUT2D eigenvalue weighted by molar-refractivity contribution is 6.31. The maximum Gasteiger partial charge on any atom is 0.0847 e. The van der Waals surface area contributed by atoms with Gasteiger partial charge in [0.15, 0.2) is 0 Å². The number of nitrogens with two attached hydrogens (primary N) is 1. The van der Waals surface area contributed by atoms with Crippen molar-refractivity contribution in [1.82, 2.24) is 15.2 Å². The fraction of sp³-hybridized carbons (Fsp3) is 0.438. The highest BCUT2D eigenvalue weighted by Crippen LogP contribution is 2.27. The van der Waals surface area contributed by atoms with Gasteiger partial charge in [0.1, 0.15) is 0 Å². The molecular formula is C16H23ClN4. The van der Waals surface area contributed by atoms with Gasteiger partial charge in [0.25, 0.3) is 0 Å². The number of hydrogen-bond donors (Lipinski definition) is 2. The summed E-state index contributed by atoms with van der Waals surface area (Å²) in [7, 11) is 0. The molecule has 114 valence electrons. The lowest BCUT2D eigenvalue weighted by atomic mass is 9.96. The van der Waals surface area contributed by atoms with Crippen LogP contribution in [0.4, 0.5) is 0 Å². The average Bonchev–Trinajstić information content (AvgIpc) is 2.72. The largest absolute Gasteiger partial charge is 0.271 e. The van der Waals surface area contributed by atoms with E-state index in [1.54, 1.807) is 0 Å². The Morgan fingerprint density at radius 2 is 2.05 bits per heavy atom. The van der Waals surface area contributed by atoms with Crippen molar-refractivity contribution in [1.29, 1.82) is 0 Å². The van der Waals surface area contributed by atoms with Crippen LogP contribution in [-0.4, -0.2) is 9.78 Å². The van der Waals surface area contributed by atoms with Crippen molar-refractivity contribution in [3.8, 4) is 0 Å². The van der Waals surface area contributed by atoms with Crippen LogP contribution in [0.25, 0.3) is 0 Å². The lowest BCUT2D eigenvalue weighted by Crippen LogP contribution is -2.31. The summed E-state index contributed by atoms with van der Waals surface area (Å²) >= 11 is 6.39. The first-order valence-electron chi connectivity index (χ1n) is 7.23. The van der Waals surface area contributed by atoms with E-state index >= 15 is 0 Å². The number of aromatic nitrogens is 2. The van der Waals surface area contributed by atoms with Crippen LogP contribution in [-0.2, 0) is 13.0 Å². The smallest absolute Gasteiger partial charge is 0.0847 e. The summed E-state index contributed by atoms with van der Waals surface area (Å²) in [4.78, 5) is 0. The standard InChI is InChI=1S/C16H23ClN4/c1-5-21-15(16(17)12(4)20-21)9-14(19-18)13-7-6-10(2)8-11(13)3/h6-8,14,19H,5,9,18H2,1-4H3. The summed E-state index contributed by atoms with van der Waals surface area (Å²) in [5.41, 5.74) is 8.48. The predicted molar refractivity (Wildman–Crippen MR) is 87.3 cm³/mol. The van der Waals surface area contributed by atoms with Crippen LogP contribution >= 0.6 is 11.6 Å². The van der Waals surface area contributed by atoms with Gasteiger partial charge in [-0.05, 0) is 38.8 Å². The van der Waals surface area contributed by atoms with Crippen molar-refractivity contribution in [3.05, 3.63) is 51.3 Å². The van der Waals surface area contributed by atoms with Crippen LogP contribution in [0, 0.1) is 20.8 Å². The second kappa shape index (κ2) is 6.60. The summed E-state index contributed by atoms with van der Waals surface area (Å²) in [5.74, 6) is 5.79. The van der Waals surface area contributed by atoms with Gasteiger partial charge in [-0.15, -0.1) is 0 Å². The molecule has 0 amide bonds. The fourth-order valence-corrected chi connectivity index (χ4v) is 2.95. The molecule has 21 heavy (non-hydrogen) atoms. The second-order valence-electron chi connectivity index (χ2n) is 5.45. The summed E-state index contributed by atoms with van der Waals surface area (Å²) in [6, 6.07) is 6.42. The van der Waals surface area contributed by atoms with Gasteiger partial charge in [0.05, 0.1) is 22.5 Å². The Labute approximate surface area is 131 Å².